The van der Waals surface area contributed by atoms with E-state index in [1.54, 1.807) is 16.8 Å². The predicted molar refractivity (Wildman–Crippen MR) is 84.3 cm³/mol. The molecule has 0 saturated carbocycles. The summed E-state index contributed by atoms with van der Waals surface area (Å²) in [5.41, 5.74) is 1.49. The minimum atomic E-state index is -0.245. The van der Waals surface area contributed by atoms with E-state index < -0.39 is 0 Å². The van der Waals surface area contributed by atoms with Gasteiger partial charge in [0.2, 0.25) is 0 Å². The number of hydrogen-bond acceptors (Lipinski definition) is 3. The lowest BCUT2D eigenvalue weighted by Gasteiger charge is -2.11. The Kier molecular flexibility index (Phi) is 5.21. The van der Waals surface area contributed by atoms with Crippen molar-refractivity contribution < 1.29 is 9.53 Å². The van der Waals surface area contributed by atoms with Crippen LogP contribution in [0.15, 0.2) is 36.5 Å². The van der Waals surface area contributed by atoms with Crippen LogP contribution in [0.25, 0.3) is 5.69 Å². The zero-order valence-electron chi connectivity index (χ0n) is 12.8. The summed E-state index contributed by atoms with van der Waals surface area (Å²) in [5, 5.41) is 12.0. The van der Waals surface area contributed by atoms with Crippen LogP contribution in [0, 0.1) is 11.3 Å². The molecule has 1 amide bonds. The summed E-state index contributed by atoms with van der Waals surface area (Å²) < 4.78 is 7.20. The van der Waals surface area contributed by atoms with E-state index in [4.69, 9.17) is 4.74 Å². The van der Waals surface area contributed by atoms with Gasteiger partial charge in [0.1, 0.15) is 17.5 Å². The smallest absolute Gasteiger partial charge is 0.269 e. The average Bonchev–Trinajstić information content (AvgIpc) is 2.97. The van der Waals surface area contributed by atoms with E-state index in [9.17, 15) is 10.1 Å². The van der Waals surface area contributed by atoms with E-state index in [0.29, 0.717) is 24.4 Å². The Hall–Kier alpha value is -2.74. The highest BCUT2D eigenvalue weighted by atomic mass is 16.5. The first-order valence-electron chi connectivity index (χ1n) is 7.34. The van der Waals surface area contributed by atoms with E-state index >= 15 is 0 Å². The Labute approximate surface area is 130 Å². The Morgan fingerprint density at radius 1 is 1.36 bits per heavy atom. The first kappa shape index (κ1) is 15.6. The minimum Gasteiger partial charge on any atom is -0.494 e. The van der Waals surface area contributed by atoms with Crippen LogP contribution in [0.5, 0.6) is 5.75 Å². The molecule has 0 aliphatic rings. The van der Waals surface area contributed by atoms with Crippen molar-refractivity contribution in [2.75, 3.05) is 13.2 Å². The maximum atomic E-state index is 12.3. The monoisotopic (exact) mass is 297 g/mol. The first-order chi connectivity index (χ1) is 10.7. The lowest BCUT2D eigenvalue weighted by Crippen LogP contribution is -2.27. The number of ether oxygens (including phenoxy) is 1. The maximum Gasteiger partial charge on any atom is 0.269 e. The van der Waals surface area contributed by atoms with Crippen molar-refractivity contribution in [2.45, 2.75) is 20.3 Å². The van der Waals surface area contributed by atoms with Crippen molar-refractivity contribution in [1.82, 2.24) is 9.88 Å². The number of carbonyl (C=O) groups excluding carboxylic acids is 1. The van der Waals surface area contributed by atoms with Crippen molar-refractivity contribution >= 4 is 5.91 Å². The van der Waals surface area contributed by atoms with E-state index in [1.165, 1.54) is 0 Å². The van der Waals surface area contributed by atoms with Gasteiger partial charge in [-0.3, -0.25) is 4.79 Å². The summed E-state index contributed by atoms with van der Waals surface area (Å²) in [6.45, 7) is 5.05. The molecule has 2 aromatic rings. The van der Waals surface area contributed by atoms with Gasteiger partial charge in [0, 0.05) is 24.5 Å². The molecule has 1 aromatic carbocycles. The van der Waals surface area contributed by atoms with Gasteiger partial charge in [-0.05, 0) is 31.5 Å². The van der Waals surface area contributed by atoms with E-state index in [2.05, 4.69) is 11.4 Å². The zero-order valence-corrected chi connectivity index (χ0v) is 12.8. The first-order valence-corrected chi connectivity index (χ1v) is 7.34. The summed E-state index contributed by atoms with van der Waals surface area (Å²) in [7, 11) is 0. The molecule has 0 aliphatic heterocycles. The van der Waals surface area contributed by atoms with Gasteiger partial charge in [0.05, 0.1) is 12.2 Å². The maximum absolute atomic E-state index is 12.3. The molecule has 22 heavy (non-hydrogen) atoms. The average molecular weight is 297 g/mol. The van der Waals surface area contributed by atoms with Gasteiger partial charge < -0.3 is 14.6 Å². The molecule has 0 bridgehead atoms. The molecule has 0 unspecified atom stereocenters. The molecule has 0 aliphatic carbocycles. The minimum absolute atomic E-state index is 0.245. The van der Waals surface area contributed by atoms with Crippen LogP contribution in [0.1, 0.15) is 36.3 Å². The highest BCUT2D eigenvalue weighted by Gasteiger charge is 2.18. The van der Waals surface area contributed by atoms with Gasteiger partial charge >= 0.3 is 0 Å². The molecule has 1 aromatic heterocycles. The zero-order chi connectivity index (χ0) is 15.9. The second-order valence-corrected chi connectivity index (χ2v) is 4.75. The molecular weight excluding hydrogens is 278 g/mol. The fraction of sp³-hybridized carbons (Fsp3) is 0.294. The standard InChI is InChI=1S/C17H19N3O2/c1-3-9-19-17(21)16-13(12-18)8-10-20(16)14-6-5-7-15(11-14)22-4-2/h5-8,10-11H,3-4,9H2,1-2H3,(H,19,21). The number of rotatable bonds is 6. The Bertz CT molecular complexity index is 698. The normalized spacial score (nSPS) is 10.0. The van der Waals surface area contributed by atoms with E-state index in [-0.39, 0.29) is 5.91 Å². The highest BCUT2D eigenvalue weighted by molar-refractivity contribution is 5.95. The number of nitrogens with zero attached hydrogens (tertiary/aromatic N) is 2. The lowest BCUT2D eigenvalue weighted by atomic mass is 10.2. The molecule has 0 atom stereocenters. The number of aromatic nitrogens is 1. The second kappa shape index (κ2) is 7.32. The molecule has 5 heteroatoms. The fourth-order valence-electron chi connectivity index (χ4n) is 2.18. The Balaban J connectivity index is 2.43. The fourth-order valence-corrected chi connectivity index (χ4v) is 2.18. The SMILES string of the molecule is CCCNC(=O)c1c(C#N)ccn1-c1cccc(OCC)c1. The predicted octanol–water partition coefficient (Wildman–Crippen LogP) is 2.89. The summed E-state index contributed by atoms with van der Waals surface area (Å²) in [5.74, 6) is 0.484. The molecular formula is C17H19N3O2. The van der Waals surface area contributed by atoms with Crippen LogP contribution in [0.2, 0.25) is 0 Å². The molecule has 114 valence electrons. The number of carbonyl (C=O) groups is 1. The number of amides is 1. The molecule has 0 saturated heterocycles. The van der Waals surface area contributed by atoms with E-state index in [1.807, 2.05) is 38.1 Å². The molecule has 0 fully saturated rings. The second-order valence-electron chi connectivity index (χ2n) is 4.75. The third kappa shape index (κ3) is 3.29. The van der Waals surface area contributed by atoms with Crippen molar-refractivity contribution in [3.05, 3.63) is 47.8 Å². The summed E-state index contributed by atoms with van der Waals surface area (Å²) in [6.07, 6.45) is 2.57. The van der Waals surface area contributed by atoms with Gasteiger partial charge in [-0.2, -0.15) is 5.26 Å². The molecule has 1 heterocycles. The lowest BCUT2D eigenvalue weighted by molar-refractivity contribution is 0.0946. The Morgan fingerprint density at radius 2 is 2.18 bits per heavy atom. The van der Waals surface area contributed by atoms with Crippen LogP contribution in [0.4, 0.5) is 0 Å². The van der Waals surface area contributed by atoms with Crippen LogP contribution < -0.4 is 10.1 Å². The van der Waals surface area contributed by atoms with Crippen molar-refractivity contribution in [3.8, 4) is 17.5 Å². The number of hydrogen-bond donors (Lipinski definition) is 1. The highest BCUT2D eigenvalue weighted by Crippen LogP contribution is 2.21. The van der Waals surface area contributed by atoms with Crippen molar-refractivity contribution in [1.29, 1.82) is 5.26 Å². The summed E-state index contributed by atoms with van der Waals surface area (Å²) >= 11 is 0. The largest absolute Gasteiger partial charge is 0.494 e. The molecule has 2 rings (SSSR count). The third-order valence-electron chi connectivity index (χ3n) is 3.16. The van der Waals surface area contributed by atoms with Gasteiger partial charge in [-0.15, -0.1) is 0 Å². The molecule has 0 radical (unpaired) electrons. The quantitative estimate of drug-likeness (QED) is 0.891. The van der Waals surface area contributed by atoms with Gasteiger partial charge in [0.25, 0.3) is 5.91 Å². The van der Waals surface area contributed by atoms with Crippen LogP contribution in [-0.4, -0.2) is 23.6 Å². The summed E-state index contributed by atoms with van der Waals surface area (Å²) in [4.78, 5) is 12.3. The third-order valence-corrected chi connectivity index (χ3v) is 3.16. The van der Waals surface area contributed by atoms with Crippen LogP contribution in [0.3, 0.4) is 0 Å². The number of nitrogens with one attached hydrogen (secondary N) is 1. The van der Waals surface area contributed by atoms with Gasteiger partial charge in [0.15, 0.2) is 0 Å². The van der Waals surface area contributed by atoms with E-state index in [0.717, 1.165) is 17.9 Å². The molecule has 1 N–H and O–H groups in total. The van der Waals surface area contributed by atoms with Gasteiger partial charge in [-0.1, -0.05) is 13.0 Å². The molecule has 0 spiro atoms. The Morgan fingerprint density at radius 3 is 2.86 bits per heavy atom. The van der Waals surface area contributed by atoms with Crippen LogP contribution >= 0.6 is 0 Å². The number of benzene rings is 1. The number of nitriles is 1. The van der Waals surface area contributed by atoms with Crippen LogP contribution in [-0.2, 0) is 0 Å². The molecule has 5 nitrogen and oxygen atoms in total. The van der Waals surface area contributed by atoms with Crippen molar-refractivity contribution in [3.63, 3.8) is 0 Å². The topological polar surface area (TPSA) is 67.0 Å². The van der Waals surface area contributed by atoms with Crippen molar-refractivity contribution in [2.24, 2.45) is 0 Å². The van der Waals surface area contributed by atoms with Gasteiger partial charge in [-0.25, -0.2) is 0 Å². The summed E-state index contributed by atoms with van der Waals surface area (Å²) in [6, 6.07) is 11.2.